The normalized spacial score (nSPS) is 22.9. The Kier molecular flexibility index (Phi) is 4.94. The molecule has 0 saturated heterocycles. The Balaban J connectivity index is 2.12. The van der Waals surface area contributed by atoms with Crippen LogP contribution in [0.1, 0.15) is 39.0 Å². The maximum atomic E-state index is 5.32. The van der Waals surface area contributed by atoms with Gasteiger partial charge in [0.2, 0.25) is 0 Å². The van der Waals surface area contributed by atoms with Crippen LogP contribution in [0.4, 0.5) is 5.69 Å². The first-order valence-electron chi connectivity index (χ1n) is 7.26. The second kappa shape index (κ2) is 6.69. The molecule has 1 aliphatic rings. The second-order valence-corrected chi connectivity index (χ2v) is 5.30. The van der Waals surface area contributed by atoms with Crippen LogP contribution in [-0.2, 0) is 0 Å². The number of hydrogen-bond donors (Lipinski definition) is 1. The van der Waals surface area contributed by atoms with E-state index in [1.165, 1.54) is 32.1 Å². The molecule has 1 aliphatic carbocycles. The Bertz CT molecular complexity index is 383. The van der Waals surface area contributed by atoms with Crippen molar-refractivity contribution in [2.45, 2.75) is 45.1 Å². The molecule has 0 bridgehead atoms. The van der Waals surface area contributed by atoms with Crippen molar-refractivity contribution in [3.05, 3.63) is 18.2 Å². The van der Waals surface area contributed by atoms with Crippen LogP contribution in [-0.4, -0.2) is 20.3 Å². The summed E-state index contributed by atoms with van der Waals surface area (Å²) in [6.07, 6.45) is 6.56. The summed E-state index contributed by atoms with van der Waals surface area (Å²) in [6.45, 7) is 2.29. The van der Waals surface area contributed by atoms with Crippen molar-refractivity contribution in [2.75, 3.05) is 19.5 Å². The predicted octanol–water partition coefficient (Wildman–Crippen LogP) is 4.08. The third-order valence-electron chi connectivity index (χ3n) is 4.14. The quantitative estimate of drug-likeness (QED) is 0.868. The minimum absolute atomic E-state index is 0.579. The summed E-state index contributed by atoms with van der Waals surface area (Å²) in [5.74, 6) is 2.46. The molecule has 0 aromatic heterocycles. The van der Waals surface area contributed by atoms with E-state index < -0.39 is 0 Å². The maximum Gasteiger partial charge on any atom is 0.124 e. The fraction of sp³-hybridized carbons (Fsp3) is 0.625. The molecule has 1 aromatic carbocycles. The fourth-order valence-electron chi connectivity index (χ4n) is 2.99. The average molecular weight is 263 g/mol. The lowest BCUT2D eigenvalue weighted by atomic mass is 9.83. The lowest BCUT2D eigenvalue weighted by molar-refractivity contribution is 0.317. The summed E-state index contributed by atoms with van der Waals surface area (Å²) in [4.78, 5) is 0. The minimum atomic E-state index is 0.579. The van der Waals surface area contributed by atoms with E-state index in [2.05, 4.69) is 12.2 Å². The van der Waals surface area contributed by atoms with E-state index in [9.17, 15) is 0 Å². The monoisotopic (exact) mass is 263 g/mol. The van der Waals surface area contributed by atoms with Crippen molar-refractivity contribution in [1.29, 1.82) is 0 Å². The summed E-state index contributed by atoms with van der Waals surface area (Å²) in [6, 6.07) is 6.58. The topological polar surface area (TPSA) is 30.5 Å². The standard InChI is InChI=1S/C16H25NO2/c1-4-12-7-5-6-8-16(12)17-13-9-14(18-2)11-15(10-13)19-3/h9-12,16-17H,4-8H2,1-3H3. The van der Waals surface area contributed by atoms with Gasteiger partial charge in [0.1, 0.15) is 11.5 Å². The third-order valence-corrected chi connectivity index (χ3v) is 4.14. The van der Waals surface area contributed by atoms with Crippen molar-refractivity contribution >= 4 is 5.69 Å². The van der Waals surface area contributed by atoms with Gasteiger partial charge < -0.3 is 14.8 Å². The van der Waals surface area contributed by atoms with Gasteiger partial charge in [-0.05, 0) is 18.8 Å². The zero-order chi connectivity index (χ0) is 13.7. The van der Waals surface area contributed by atoms with Crippen molar-refractivity contribution in [3.63, 3.8) is 0 Å². The van der Waals surface area contributed by atoms with Gasteiger partial charge in [0.15, 0.2) is 0 Å². The molecular weight excluding hydrogens is 238 g/mol. The molecule has 19 heavy (non-hydrogen) atoms. The van der Waals surface area contributed by atoms with E-state index in [0.717, 1.165) is 23.1 Å². The zero-order valence-corrected chi connectivity index (χ0v) is 12.2. The SMILES string of the molecule is CCC1CCCCC1Nc1cc(OC)cc(OC)c1. The lowest BCUT2D eigenvalue weighted by Gasteiger charge is -2.32. The van der Waals surface area contributed by atoms with Crippen LogP contribution in [0.15, 0.2) is 18.2 Å². The first kappa shape index (κ1) is 14.0. The molecule has 3 heteroatoms. The molecule has 1 fully saturated rings. The van der Waals surface area contributed by atoms with Crippen molar-refractivity contribution in [1.82, 2.24) is 0 Å². The van der Waals surface area contributed by atoms with E-state index in [1.54, 1.807) is 14.2 Å². The Morgan fingerprint density at radius 3 is 2.26 bits per heavy atom. The molecule has 1 N–H and O–H groups in total. The third kappa shape index (κ3) is 3.55. The molecule has 0 spiro atoms. The summed E-state index contributed by atoms with van der Waals surface area (Å²) < 4.78 is 10.6. The summed E-state index contributed by atoms with van der Waals surface area (Å²) in [5.41, 5.74) is 1.10. The van der Waals surface area contributed by atoms with Gasteiger partial charge in [-0.3, -0.25) is 0 Å². The number of methoxy groups -OCH3 is 2. The maximum absolute atomic E-state index is 5.32. The van der Waals surface area contributed by atoms with Gasteiger partial charge in [0, 0.05) is 29.9 Å². The van der Waals surface area contributed by atoms with Crippen molar-refractivity contribution in [2.24, 2.45) is 5.92 Å². The molecule has 0 aliphatic heterocycles. The summed E-state index contributed by atoms with van der Waals surface area (Å²) in [7, 11) is 3.38. The van der Waals surface area contributed by atoms with Crippen molar-refractivity contribution in [3.8, 4) is 11.5 Å². The number of hydrogen-bond acceptors (Lipinski definition) is 3. The van der Waals surface area contributed by atoms with Gasteiger partial charge in [-0.15, -0.1) is 0 Å². The number of anilines is 1. The van der Waals surface area contributed by atoms with Crippen LogP contribution in [0.5, 0.6) is 11.5 Å². The molecule has 106 valence electrons. The van der Waals surface area contributed by atoms with Gasteiger partial charge in [0.25, 0.3) is 0 Å². The van der Waals surface area contributed by atoms with Crippen LogP contribution in [0, 0.1) is 5.92 Å². The first-order chi connectivity index (χ1) is 9.26. The van der Waals surface area contributed by atoms with E-state index >= 15 is 0 Å². The highest BCUT2D eigenvalue weighted by atomic mass is 16.5. The molecule has 0 radical (unpaired) electrons. The molecule has 1 saturated carbocycles. The van der Waals surface area contributed by atoms with Crippen LogP contribution < -0.4 is 14.8 Å². The Morgan fingerprint density at radius 1 is 1.05 bits per heavy atom. The Hall–Kier alpha value is -1.38. The number of nitrogens with one attached hydrogen (secondary N) is 1. The van der Waals surface area contributed by atoms with Gasteiger partial charge >= 0.3 is 0 Å². The number of ether oxygens (including phenoxy) is 2. The highest BCUT2D eigenvalue weighted by molar-refractivity contribution is 5.54. The Morgan fingerprint density at radius 2 is 1.68 bits per heavy atom. The first-order valence-corrected chi connectivity index (χ1v) is 7.26. The van der Waals surface area contributed by atoms with Crippen LogP contribution in [0.3, 0.4) is 0 Å². The zero-order valence-electron chi connectivity index (χ0n) is 12.2. The lowest BCUT2D eigenvalue weighted by Crippen LogP contribution is -2.31. The summed E-state index contributed by atoms with van der Waals surface area (Å²) >= 11 is 0. The smallest absolute Gasteiger partial charge is 0.124 e. The molecule has 0 heterocycles. The fourth-order valence-corrected chi connectivity index (χ4v) is 2.99. The summed E-state index contributed by atoms with van der Waals surface area (Å²) in [5, 5.41) is 3.67. The largest absolute Gasteiger partial charge is 0.497 e. The molecule has 2 unspecified atom stereocenters. The predicted molar refractivity (Wildman–Crippen MR) is 79.2 cm³/mol. The number of rotatable bonds is 5. The average Bonchev–Trinajstić information content (AvgIpc) is 2.47. The Labute approximate surface area is 116 Å². The van der Waals surface area contributed by atoms with Crippen LogP contribution in [0.25, 0.3) is 0 Å². The minimum Gasteiger partial charge on any atom is -0.497 e. The van der Waals surface area contributed by atoms with Gasteiger partial charge in [0.05, 0.1) is 14.2 Å². The molecule has 1 aromatic rings. The van der Waals surface area contributed by atoms with E-state index in [4.69, 9.17) is 9.47 Å². The van der Waals surface area contributed by atoms with E-state index in [1.807, 2.05) is 18.2 Å². The van der Waals surface area contributed by atoms with Crippen LogP contribution >= 0.6 is 0 Å². The van der Waals surface area contributed by atoms with E-state index in [-0.39, 0.29) is 0 Å². The van der Waals surface area contributed by atoms with Gasteiger partial charge in [-0.1, -0.05) is 26.2 Å². The second-order valence-electron chi connectivity index (χ2n) is 5.30. The van der Waals surface area contributed by atoms with Crippen LogP contribution in [0.2, 0.25) is 0 Å². The molecule has 2 rings (SSSR count). The highest BCUT2D eigenvalue weighted by Crippen LogP contribution is 2.32. The number of benzene rings is 1. The highest BCUT2D eigenvalue weighted by Gasteiger charge is 2.23. The molecule has 0 amide bonds. The van der Waals surface area contributed by atoms with E-state index in [0.29, 0.717) is 6.04 Å². The van der Waals surface area contributed by atoms with Gasteiger partial charge in [-0.25, -0.2) is 0 Å². The molecular formula is C16H25NO2. The molecule has 3 nitrogen and oxygen atoms in total. The van der Waals surface area contributed by atoms with Gasteiger partial charge in [-0.2, -0.15) is 0 Å². The van der Waals surface area contributed by atoms with Crippen molar-refractivity contribution < 1.29 is 9.47 Å². The molecule has 2 atom stereocenters.